The molecule has 2 saturated heterocycles. The Balaban J connectivity index is 0.00000208. The molecule has 2 aliphatic heterocycles. The number of amides is 1. The summed E-state index contributed by atoms with van der Waals surface area (Å²) in [5, 5.41) is 0. The number of ether oxygens (including phenoxy) is 1. The van der Waals surface area contributed by atoms with Gasteiger partial charge in [0.2, 0.25) is 0 Å². The van der Waals surface area contributed by atoms with E-state index >= 15 is 0 Å². The van der Waals surface area contributed by atoms with Gasteiger partial charge < -0.3 is 14.5 Å². The molecule has 0 saturated carbocycles. The van der Waals surface area contributed by atoms with E-state index in [1.54, 1.807) is 0 Å². The predicted octanol–water partition coefficient (Wildman–Crippen LogP) is 2.75. The van der Waals surface area contributed by atoms with E-state index in [1.165, 1.54) is 5.56 Å². The number of rotatable bonds is 4. The Kier molecular flexibility index (Phi) is 6.67. The fraction of sp³-hybridized carbons (Fsp3) is 0.632. The highest BCUT2D eigenvalue weighted by molar-refractivity contribution is 5.85. The molecule has 4 nitrogen and oxygen atoms in total. The molecular formula is C19H29ClN2O2. The lowest BCUT2D eigenvalue weighted by atomic mass is 9.88. The van der Waals surface area contributed by atoms with E-state index in [0.29, 0.717) is 0 Å². The van der Waals surface area contributed by atoms with Crippen molar-refractivity contribution in [3.8, 4) is 0 Å². The van der Waals surface area contributed by atoms with E-state index in [0.717, 1.165) is 52.0 Å². The van der Waals surface area contributed by atoms with Gasteiger partial charge in [-0.05, 0) is 38.7 Å². The van der Waals surface area contributed by atoms with E-state index in [9.17, 15) is 4.79 Å². The summed E-state index contributed by atoms with van der Waals surface area (Å²) >= 11 is 0. The average Bonchev–Trinajstić information content (AvgIpc) is 2.59. The minimum Gasteiger partial charge on any atom is -0.360 e. The van der Waals surface area contributed by atoms with Crippen LogP contribution in [0.3, 0.4) is 0 Å². The standard InChI is InChI=1S/C19H28N2O2.ClH/c1-3-21-15-19(23-16(2)18(21)22)10-13-20(14-11-19)12-9-17-7-5-4-6-8-17;/h4-8,16H,3,9-15H2,1-2H3;1H/t16-;/m1./s1. The first-order valence-corrected chi connectivity index (χ1v) is 8.85. The zero-order chi connectivity index (χ0) is 16.3. The number of carbonyl (C=O) groups is 1. The maximum Gasteiger partial charge on any atom is 0.251 e. The fourth-order valence-corrected chi connectivity index (χ4v) is 3.81. The highest BCUT2D eigenvalue weighted by atomic mass is 35.5. The Bertz CT molecular complexity index is 529. The van der Waals surface area contributed by atoms with Gasteiger partial charge in [0.25, 0.3) is 5.91 Å². The number of morpholine rings is 1. The second-order valence-electron chi connectivity index (χ2n) is 6.87. The Morgan fingerprint density at radius 1 is 1.21 bits per heavy atom. The summed E-state index contributed by atoms with van der Waals surface area (Å²) < 4.78 is 6.15. The van der Waals surface area contributed by atoms with Crippen LogP contribution in [0.4, 0.5) is 0 Å². The molecule has 1 aromatic rings. The van der Waals surface area contributed by atoms with Crippen LogP contribution in [-0.2, 0) is 16.0 Å². The van der Waals surface area contributed by atoms with E-state index in [1.807, 2.05) is 11.8 Å². The van der Waals surface area contributed by atoms with E-state index in [-0.39, 0.29) is 30.0 Å². The third-order valence-electron chi connectivity index (χ3n) is 5.27. The van der Waals surface area contributed by atoms with Crippen molar-refractivity contribution < 1.29 is 9.53 Å². The number of nitrogens with zero attached hydrogens (tertiary/aromatic N) is 2. The van der Waals surface area contributed by atoms with Gasteiger partial charge in [0.15, 0.2) is 0 Å². The van der Waals surface area contributed by atoms with Gasteiger partial charge in [-0.3, -0.25) is 4.79 Å². The molecule has 0 unspecified atom stereocenters. The molecule has 1 spiro atoms. The first-order chi connectivity index (χ1) is 11.1. The van der Waals surface area contributed by atoms with Crippen molar-refractivity contribution >= 4 is 18.3 Å². The van der Waals surface area contributed by atoms with Crippen molar-refractivity contribution in [2.75, 3.05) is 32.7 Å². The number of likely N-dealkylation sites (N-methyl/N-ethyl adjacent to an activating group) is 1. The summed E-state index contributed by atoms with van der Waals surface area (Å²) in [6, 6.07) is 10.7. The lowest BCUT2D eigenvalue weighted by Gasteiger charge is -2.49. The van der Waals surface area contributed by atoms with Crippen LogP contribution in [0.5, 0.6) is 0 Å². The summed E-state index contributed by atoms with van der Waals surface area (Å²) in [4.78, 5) is 16.6. The molecule has 134 valence electrons. The minimum absolute atomic E-state index is 0. The number of likely N-dealkylation sites (tertiary alicyclic amines) is 1. The second kappa shape index (κ2) is 8.32. The predicted molar refractivity (Wildman–Crippen MR) is 98.6 cm³/mol. The molecular weight excluding hydrogens is 324 g/mol. The van der Waals surface area contributed by atoms with E-state index in [2.05, 4.69) is 42.2 Å². The molecule has 1 amide bonds. The lowest BCUT2D eigenvalue weighted by molar-refractivity contribution is -0.189. The van der Waals surface area contributed by atoms with E-state index in [4.69, 9.17) is 4.74 Å². The maximum atomic E-state index is 12.1. The van der Waals surface area contributed by atoms with E-state index < -0.39 is 0 Å². The zero-order valence-corrected chi connectivity index (χ0v) is 15.6. The molecule has 24 heavy (non-hydrogen) atoms. The quantitative estimate of drug-likeness (QED) is 0.835. The summed E-state index contributed by atoms with van der Waals surface area (Å²) in [5.74, 6) is 0.143. The Morgan fingerprint density at radius 3 is 2.50 bits per heavy atom. The number of hydrogen-bond acceptors (Lipinski definition) is 3. The second-order valence-corrected chi connectivity index (χ2v) is 6.87. The first kappa shape index (κ1) is 19.2. The minimum atomic E-state index is -0.292. The van der Waals surface area contributed by atoms with Crippen LogP contribution in [0, 0.1) is 0 Å². The molecule has 0 N–H and O–H groups in total. The maximum absolute atomic E-state index is 12.1. The largest absolute Gasteiger partial charge is 0.360 e. The van der Waals surface area contributed by atoms with Crippen molar-refractivity contribution in [3.63, 3.8) is 0 Å². The molecule has 0 radical (unpaired) electrons. The summed E-state index contributed by atoms with van der Waals surface area (Å²) in [6.45, 7) is 8.72. The van der Waals surface area contributed by atoms with Gasteiger partial charge in [0, 0.05) is 32.7 Å². The van der Waals surface area contributed by atoms with Crippen molar-refractivity contribution in [2.45, 2.75) is 44.8 Å². The highest BCUT2D eigenvalue weighted by Crippen LogP contribution is 2.32. The van der Waals surface area contributed by atoms with Crippen LogP contribution < -0.4 is 0 Å². The Labute approximate surface area is 151 Å². The number of benzene rings is 1. The molecule has 1 atom stereocenters. The summed E-state index contributed by atoms with van der Waals surface area (Å²) in [7, 11) is 0. The smallest absolute Gasteiger partial charge is 0.251 e. The number of hydrogen-bond donors (Lipinski definition) is 0. The number of halogens is 1. The van der Waals surface area contributed by atoms with Crippen molar-refractivity contribution in [1.29, 1.82) is 0 Å². The van der Waals surface area contributed by atoms with Crippen LogP contribution in [0.15, 0.2) is 30.3 Å². The van der Waals surface area contributed by atoms with Gasteiger partial charge in [-0.1, -0.05) is 30.3 Å². The van der Waals surface area contributed by atoms with Crippen LogP contribution in [-0.4, -0.2) is 60.1 Å². The highest BCUT2D eigenvalue weighted by Gasteiger charge is 2.44. The fourth-order valence-electron chi connectivity index (χ4n) is 3.81. The van der Waals surface area contributed by atoms with Gasteiger partial charge in [0.1, 0.15) is 6.10 Å². The van der Waals surface area contributed by atoms with Crippen LogP contribution in [0.2, 0.25) is 0 Å². The third kappa shape index (κ3) is 4.29. The monoisotopic (exact) mass is 352 g/mol. The molecule has 0 aromatic heterocycles. The number of piperidine rings is 1. The molecule has 1 aromatic carbocycles. The summed E-state index contributed by atoms with van der Waals surface area (Å²) in [5.41, 5.74) is 1.28. The molecule has 5 heteroatoms. The Hall–Kier alpha value is -1.10. The first-order valence-electron chi connectivity index (χ1n) is 8.85. The molecule has 0 aliphatic carbocycles. The van der Waals surface area contributed by atoms with Gasteiger partial charge >= 0.3 is 0 Å². The molecule has 0 bridgehead atoms. The molecule has 3 rings (SSSR count). The molecule has 2 heterocycles. The van der Waals surface area contributed by atoms with Gasteiger partial charge in [0.05, 0.1) is 5.60 Å². The zero-order valence-electron chi connectivity index (χ0n) is 14.7. The van der Waals surface area contributed by atoms with Crippen molar-refractivity contribution in [1.82, 2.24) is 9.80 Å². The topological polar surface area (TPSA) is 32.8 Å². The van der Waals surface area contributed by atoms with Crippen molar-refractivity contribution in [3.05, 3.63) is 35.9 Å². The van der Waals surface area contributed by atoms with Crippen LogP contribution >= 0.6 is 12.4 Å². The SMILES string of the molecule is CCN1CC2(CCN(CCc3ccccc3)CC2)O[C@H](C)C1=O.Cl. The summed E-state index contributed by atoms with van der Waals surface area (Å²) in [6.07, 6.45) is 2.86. The van der Waals surface area contributed by atoms with Crippen LogP contribution in [0.25, 0.3) is 0 Å². The molecule has 2 fully saturated rings. The average molecular weight is 353 g/mol. The van der Waals surface area contributed by atoms with Gasteiger partial charge in [-0.25, -0.2) is 0 Å². The van der Waals surface area contributed by atoms with Gasteiger partial charge in [-0.2, -0.15) is 0 Å². The lowest BCUT2D eigenvalue weighted by Crippen LogP contribution is -2.61. The normalized spacial score (nSPS) is 24.0. The van der Waals surface area contributed by atoms with Crippen molar-refractivity contribution in [2.24, 2.45) is 0 Å². The third-order valence-corrected chi connectivity index (χ3v) is 5.27. The van der Waals surface area contributed by atoms with Gasteiger partial charge in [-0.15, -0.1) is 12.4 Å². The van der Waals surface area contributed by atoms with Crippen LogP contribution in [0.1, 0.15) is 32.3 Å². The molecule has 2 aliphatic rings. The Morgan fingerprint density at radius 2 is 1.88 bits per heavy atom. The number of carbonyl (C=O) groups excluding carboxylic acids is 1.